The molecule has 6 nitrogen and oxygen atoms in total. The second-order valence-electron chi connectivity index (χ2n) is 6.92. The summed E-state index contributed by atoms with van der Waals surface area (Å²) in [5.41, 5.74) is 3.70. The molecule has 0 spiro atoms. The summed E-state index contributed by atoms with van der Waals surface area (Å²) in [6.07, 6.45) is 0.362. The van der Waals surface area contributed by atoms with Crippen molar-refractivity contribution in [1.29, 1.82) is 0 Å². The van der Waals surface area contributed by atoms with E-state index in [4.69, 9.17) is 21.1 Å². The Morgan fingerprint density at radius 2 is 1.86 bits per heavy atom. The molecule has 1 aromatic heterocycles. The molecule has 1 aliphatic rings. The quantitative estimate of drug-likeness (QED) is 0.526. The predicted molar refractivity (Wildman–Crippen MR) is 110 cm³/mol. The highest BCUT2D eigenvalue weighted by molar-refractivity contribution is 6.27. The molecule has 2 heterocycles. The van der Waals surface area contributed by atoms with Gasteiger partial charge in [0.15, 0.2) is 0 Å². The first kappa shape index (κ1) is 19.3. The van der Waals surface area contributed by atoms with Gasteiger partial charge < -0.3 is 19.4 Å². The van der Waals surface area contributed by atoms with Gasteiger partial charge in [-0.2, -0.15) is 0 Å². The van der Waals surface area contributed by atoms with Gasteiger partial charge in [0.2, 0.25) is 5.91 Å². The van der Waals surface area contributed by atoms with Crippen LogP contribution in [-0.4, -0.2) is 47.9 Å². The van der Waals surface area contributed by atoms with Crippen LogP contribution >= 0.6 is 11.6 Å². The number of H-pyrrole nitrogens is 1. The summed E-state index contributed by atoms with van der Waals surface area (Å²) in [6, 6.07) is 14.1. The van der Waals surface area contributed by atoms with Crippen LogP contribution < -0.4 is 4.74 Å². The fourth-order valence-corrected chi connectivity index (χ4v) is 4.26. The van der Waals surface area contributed by atoms with Gasteiger partial charge in [-0.05, 0) is 29.3 Å². The molecule has 0 fully saturated rings. The fourth-order valence-electron chi connectivity index (χ4n) is 4.12. The van der Waals surface area contributed by atoms with Crippen molar-refractivity contribution in [2.24, 2.45) is 0 Å². The van der Waals surface area contributed by atoms with E-state index in [1.807, 2.05) is 48.5 Å². The Labute approximate surface area is 173 Å². The molecule has 4 rings (SSSR count). The van der Waals surface area contributed by atoms with E-state index in [1.54, 1.807) is 12.0 Å². The third kappa shape index (κ3) is 3.23. The number of esters is 1. The number of methoxy groups -OCH3 is 2. The minimum atomic E-state index is -0.759. The highest BCUT2D eigenvalue weighted by Crippen LogP contribution is 2.41. The van der Waals surface area contributed by atoms with Crippen LogP contribution in [0, 0.1) is 0 Å². The largest absolute Gasteiger partial charge is 0.497 e. The van der Waals surface area contributed by atoms with Gasteiger partial charge in [-0.25, -0.2) is 4.79 Å². The Hall–Kier alpha value is -2.99. The standard InChI is InChI=1S/C22H21ClN2O4/c1-28-14-9-7-13(8-10-14)21-20-16(15-5-3-4-6-17(15)24-20)11-18(22(27)29-2)25(21)19(26)12-23/h3-10,18,21,24H,11-12H2,1-2H3/t18-,21?/m0/s1. The maximum Gasteiger partial charge on any atom is 0.328 e. The van der Waals surface area contributed by atoms with Crippen LogP contribution in [0.15, 0.2) is 48.5 Å². The Kier molecular flexibility index (Phi) is 5.20. The highest BCUT2D eigenvalue weighted by atomic mass is 35.5. The van der Waals surface area contributed by atoms with Gasteiger partial charge in [-0.3, -0.25) is 4.79 Å². The van der Waals surface area contributed by atoms with Gasteiger partial charge in [0.25, 0.3) is 0 Å². The third-order valence-electron chi connectivity index (χ3n) is 5.44. The summed E-state index contributed by atoms with van der Waals surface area (Å²) in [5.74, 6) is -0.304. The molecule has 1 amide bonds. The van der Waals surface area contributed by atoms with E-state index in [-0.39, 0.29) is 11.8 Å². The summed E-state index contributed by atoms with van der Waals surface area (Å²) in [7, 11) is 2.93. The number of benzene rings is 2. The number of rotatable bonds is 4. The molecule has 0 aliphatic carbocycles. The van der Waals surface area contributed by atoms with Crippen LogP contribution in [0.4, 0.5) is 0 Å². The van der Waals surface area contributed by atoms with Crippen molar-refractivity contribution < 1.29 is 19.1 Å². The van der Waals surface area contributed by atoms with E-state index in [2.05, 4.69) is 4.98 Å². The molecule has 1 N–H and O–H groups in total. The number of nitrogens with zero attached hydrogens (tertiary/aromatic N) is 1. The normalized spacial score (nSPS) is 18.4. The lowest BCUT2D eigenvalue weighted by molar-refractivity contribution is -0.154. The lowest BCUT2D eigenvalue weighted by Gasteiger charge is -2.40. The van der Waals surface area contributed by atoms with Crippen molar-refractivity contribution in [3.05, 3.63) is 65.4 Å². The molecular weight excluding hydrogens is 392 g/mol. The number of alkyl halides is 1. The van der Waals surface area contributed by atoms with Crippen LogP contribution in [0.3, 0.4) is 0 Å². The van der Waals surface area contributed by atoms with Crippen molar-refractivity contribution >= 4 is 34.4 Å². The zero-order valence-electron chi connectivity index (χ0n) is 16.1. The lowest BCUT2D eigenvalue weighted by Crippen LogP contribution is -2.52. The average Bonchev–Trinajstić information content (AvgIpc) is 3.15. The second-order valence-corrected chi connectivity index (χ2v) is 7.18. The zero-order chi connectivity index (χ0) is 20.5. The van der Waals surface area contributed by atoms with Gasteiger partial charge in [-0.15, -0.1) is 11.6 Å². The Balaban J connectivity index is 1.95. The number of fused-ring (bicyclic) bond motifs is 3. The molecule has 7 heteroatoms. The molecule has 1 aliphatic heterocycles. The van der Waals surface area contributed by atoms with Crippen molar-refractivity contribution in [3.63, 3.8) is 0 Å². The van der Waals surface area contributed by atoms with Crippen LogP contribution in [0.25, 0.3) is 10.9 Å². The molecule has 0 saturated heterocycles. The molecule has 0 saturated carbocycles. The summed E-state index contributed by atoms with van der Waals surface area (Å²) in [6.45, 7) is 0. The number of carbonyl (C=O) groups is 2. The van der Waals surface area contributed by atoms with Crippen molar-refractivity contribution in [3.8, 4) is 5.75 Å². The zero-order valence-corrected chi connectivity index (χ0v) is 16.9. The first-order valence-corrected chi connectivity index (χ1v) is 9.80. The number of nitrogens with one attached hydrogen (secondary N) is 1. The van der Waals surface area contributed by atoms with Crippen molar-refractivity contribution in [2.45, 2.75) is 18.5 Å². The number of halogens is 1. The molecular formula is C22H21ClN2O4. The smallest absolute Gasteiger partial charge is 0.328 e. The number of aromatic nitrogens is 1. The van der Waals surface area contributed by atoms with Gasteiger partial charge >= 0.3 is 5.97 Å². The van der Waals surface area contributed by atoms with Crippen LogP contribution in [0.2, 0.25) is 0 Å². The molecule has 1 unspecified atom stereocenters. The van der Waals surface area contributed by atoms with E-state index >= 15 is 0 Å². The molecule has 0 bridgehead atoms. The van der Waals surface area contributed by atoms with Crippen LogP contribution in [-0.2, 0) is 20.7 Å². The lowest BCUT2D eigenvalue weighted by atomic mass is 9.88. The number of aromatic amines is 1. The number of amides is 1. The van der Waals surface area contributed by atoms with Crippen molar-refractivity contribution in [2.75, 3.05) is 20.1 Å². The average molecular weight is 413 g/mol. The molecule has 0 radical (unpaired) electrons. The van der Waals surface area contributed by atoms with Crippen molar-refractivity contribution in [1.82, 2.24) is 9.88 Å². The topological polar surface area (TPSA) is 71.6 Å². The maximum absolute atomic E-state index is 12.9. The Bertz CT molecular complexity index is 1060. The Morgan fingerprint density at radius 1 is 1.14 bits per heavy atom. The second kappa shape index (κ2) is 7.79. The molecule has 3 aromatic rings. The van der Waals surface area contributed by atoms with Gasteiger partial charge in [0, 0.05) is 23.0 Å². The molecule has 29 heavy (non-hydrogen) atoms. The third-order valence-corrected chi connectivity index (χ3v) is 5.67. The maximum atomic E-state index is 12.9. The van der Waals surface area contributed by atoms with E-state index in [1.165, 1.54) is 7.11 Å². The first-order valence-electron chi connectivity index (χ1n) is 9.27. The minimum absolute atomic E-state index is 0.226. The summed E-state index contributed by atoms with van der Waals surface area (Å²) in [5, 5.41) is 1.04. The molecule has 2 aromatic carbocycles. The van der Waals surface area contributed by atoms with E-state index < -0.39 is 18.1 Å². The highest BCUT2D eigenvalue weighted by Gasteiger charge is 2.43. The minimum Gasteiger partial charge on any atom is -0.497 e. The molecule has 2 atom stereocenters. The molecule has 150 valence electrons. The SMILES string of the molecule is COC(=O)[C@@H]1Cc2c([nH]c3ccccc23)C(c2ccc(OC)cc2)N1C(=O)CCl. The Morgan fingerprint density at radius 3 is 2.52 bits per heavy atom. The number of hydrogen-bond acceptors (Lipinski definition) is 4. The van der Waals surface area contributed by atoms with Crippen LogP contribution in [0.5, 0.6) is 5.75 Å². The fraction of sp³-hybridized carbons (Fsp3) is 0.273. The summed E-state index contributed by atoms with van der Waals surface area (Å²) >= 11 is 5.93. The first-order chi connectivity index (χ1) is 14.1. The number of hydrogen-bond donors (Lipinski definition) is 1. The van der Waals surface area contributed by atoms with E-state index in [9.17, 15) is 9.59 Å². The monoisotopic (exact) mass is 412 g/mol. The van der Waals surface area contributed by atoms with Gasteiger partial charge in [0.05, 0.1) is 20.3 Å². The van der Waals surface area contributed by atoms with Gasteiger partial charge in [-0.1, -0.05) is 30.3 Å². The van der Waals surface area contributed by atoms with E-state index in [0.29, 0.717) is 12.2 Å². The van der Waals surface area contributed by atoms with Crippen LogP contribution in [0.1, 0.15) is 22.9 Å². The predicted octanol–water partition coefficient (Wildman–Crippen LogP) is 3.43. The summed E-state index contributed by atoms with van der Waals surface area (Å²) < 4.78 is 10.3. The summed E-state index contributed by atoms with van der Waals surface area (Å²) in [4.78, 5) is 30.5. The van der Waals surface area contributed by atoms with Gasteiger partial charge in [0.1, 0.15) is 17.7 Å². The van der Waals surface area contributed by atoms with E-state index in [0.717, 1.165) is 27.7 Å². The number of para-hydroxylation sites is 1. The number of carbonyl (C=O) groups excluding carboxylic acids is 2. The number of ether oxygens (including phenoxy) is 2.